The average Bonchev–Trinajstić information content (AvgIpc) is 2.55. The van der Waals surface area contributed by atoms with Crippen LogP contribution in [0.15, 0.2) is 29.2 Å². The molecule has 0 spiro atoms. The molecule has 1 aromatic carbocycles. The molecule has 0 bridgehead atoms. The van der Waals surface area contributed by atoms with E-state index in [0.717, 1.165) is 6.42 Å². The minimum Gasteiger partial charge on any atom is -0.379 e. The largest absolute Gasteiger partial charge is 0.379 e. The van der Waals surface area contributed by atoms with Gasteiger partial charge in [-0.15, -0.1) is 0 Å². The number of hydrogen-bond acceptors (Lipinski definition) is 4. The van der Waals surface area contributed by atoms with Crippen LogP contribution < -0.4 is 5.32 Å². The number of morpholine rings is 1. The first kappa shape index (κ1) is 17.9. The lowest BCUT2D eigenvalue weighted by atomic mass is 10.1. The monoisotopic (exact) mass is 340 g/mol. The van der Waals surface area contributed by atoms with Gasteiger partial charge in [0.05, 0.1) is 18.1 Å². The smallest absolute Gasteiger partial charge is 0.251 e. The Labute approximate surface area is 137 Å². The molecule has 0 radical (unpaired) electrons. The quantitative estimate of drug-likeness (QED) is 0.851. The number of benzene rings is 1. The van der Waals surface area contributed by atoms with E-state index in [1.165, 1.54) is 16.4 Å². The maximum absolute atomic E-state index is 12.5. The molecule has 0 atom stereocenters. The number of sulfonamides is 1. The summed E-state index contributed by atoms with van der Waals surface area (Å²) >= 11 is 0. The molecule has 1 fully saturated rings. The summed E-state index contributed by atoms with van der Waals surface area (Å²) in [5, 5.41) is 2.84. The number of carbonyl (C=O) groups excluding carboxylic acids is 1. The predicted molar refractivity (Wildman–Crippen MR) is 87.8 cm³/mol. The number of hydrogen-bond donors (Lipinski definition) is 1. The Morgan fingerprint density at radius 1 is 1.22 bits per heavy atom. The van der Waals surface area contributed by atoms with Crippen molar-refractivity contribution >= 4 is 15.9 Å². The molecular formula is C16H24N2O4S. The second kappa shape index (κ2) is 7.90. The number of ether oxygens (including phenoxy) is 1. The molecule has 1 heterocycles. The molecule has 0 unspecified atom stereocenters. The van der Waals surface area contributed by atoms with Crippen LogP contribution in [0.4, 0.5) is 0 Å². The summed E-state index contributed by atoms with van der Waals surface area (Å²) in [6.45, 7) is 6.35. The molecule has 1 N–H and O–H groups in total. The van der Waals surface area contributed by atoms with Crippen molar-refractivity contribution in [1.29, 1.82) is 0 Å². The Kier molecular flexibility index (Phi) is 6.15. The molecule has 1 aliphatic rings. The van der Waals surface area contributed by atoms with Gasteiger partial charge in [-0.25, -0.2) is 8.42 Å². The normalized spacial score (nSPS) is 16.5. The van der Waals surface area contributed by atoms with Crippen LogP contribution in [-0.2, 0) is 14.8 Å². The summed E-state index contributed by atoms with van der Waals surface area (Å²) in [5.74, 6) is 0.345. The summed E-state index contributed by atoms with van der Waals surface area (Å²) in [6, 6.07) is 6.08. The maximum Gasteiger partial charge on any atom is 0.251 e. The zero-order valence-electron chi connectivity index (χ0n) is 13.6. The SMILES string of the molecule is CC(C)CCNC(=O)c1ccc(S(=O)(=O)N2CCOCC2)cc1. The van der Waals surface area contributed by atoms with E-state index in [9.17, 15) is 13.2 Å². The van der Waals surface area contributed by atoms with Crippen LogP contribution in [-0.4, -0.2) is 51.5 Å². The van der Waals surface area contributed by atoms with Gasteiger partial charge in [0.15, 0.2) is 0 Å². The highest BCUT2D eigenvalue weighted by Gasteiger charge is 2.26. The summed E-state index contributed by atoms with van der Waals surface area (Å²) < 4.78 is 31.6. The topological polar surface area (TPSA) is 75.7 Å². The Morgan fingerprint density at radius 3 is 2.39 bits per heavy atom. The van der Waals surface area contributed by atoms with Crippen LogP contribution >= 0.6 is 0 Å². The molecule has 1 aromatic rings. The first-order valence-corrected chi connectivity index (χ1v) is 9.31. The first-order chi connectivity index (χ1) is 10.9. The van der Waals surface area contributed by atoms with Gasteiger partial charge in [-0.05, 0) is 36.6 Å². The first-order valence-electron chi connectivity index (χ1n) is 7.87. The van der Waals surface area contributed by atoms with E-state index in [1.807, 2.05) is 0 Å². The van der Waals surface area contributed by atoms with E-state index >= 15 is 0 Å². The highest BCUT2D eigenvalue weighted by molar-refractivity contribution is 7.89. The molecule has 23 heavy (non-hydrogen) atoms. The van der Waals surface area contributed by atoms with Crippen molar-refractivity contribution in [3.8, 4) is 0 Å². The second-order valence-electron chi connectivity index (χ2n) is 5.98. The third kappa shape index (κ3) is 4.76. The predicted octanol–water partition coefficient (Wildman–Crippen LogP) is 1.48. The van der Waals surface area contributed by atoms with E-state index < -0.39 is 10.0 Å². The van der Waals surface area contributed by atoms with Gasteiger partial charge in [0.2, 0.25) is 10.0 Å². The maximum atomic E-state index is 12.5. The third-order valence-electron chi connectivity index (χ3n) is 3.73. The molecule has 1 saturated heterocycles. The summed E-state index contributed by atoms with van der Waals surface area (Å²) in [4.78, 5) is 12.2. The molecule has 1 aliphatic heterocycles. The van der Waals surface area contributed by atoms with Crippen molar-refractivity contribution in [2.24, 2.45) is 5.92 Å². The van der Waals surface area contributed by atoms with Gasteiger partial charge in [0, 0.05) is 25.2 Å². The van der Waals surface area contributed by atoms with Crippen LogP contribution in [0.3, 0.4) is 0 Å². The highest BCUT2D eigenvalue weighted by atomic mass is 32.2. The number of rotatable bonds is 6. The molecule has 7 heteroatoms. The van der Waals surface area contributed by atoms with Crippen LogP contribution in [0, 0.1) is 5.92 Å². The summed E-state index contributed by atoms with van der Waals surface area (Å²) in [6.07, 6.45) is 0.912. The van der Waals surface area contributed by atoms with Crippen LogP contribution in [0.2, 0.25) is 0 Å². The van der Waals surface area contributed by atoms with Gasteiger partial charge in [0.1, 0.15) is 0 Å². The van der Waals surface area contributed by atoms with Gasteiger partial charge in [-0.3, -0.25) is 4.79 Å². The fraction of sp³-hybridized carbons (Fsp3) is 0.562. The zero-order chi connectivity index (χ0) is 16.9. The number of nitrogens with zero attached hydrogens (tertiary/aromatic N) is 1. The third-order valence-corrected chi connectivity index (χ3v) is 5.64. The molecule has 128 valence electrons. The van der Waals surface area contributed by atoms with Gasteiger partial charge in [-0.1, -0.05) is 13.8 Å². The number of carbonyl (C=O) groups is 1. The fourth-order valence-electron chi connectivity index (χ4n) is 2.29. The van der Waals surface area contributed by atoms with E-state index in [2.05, 4.69) is 19.2 Å². The van der Waals surface area contributed by atoms with E-state index in [-0.39, 0.29) is 10.8 Å². The average molecular weight is 340 g/mol. The van der Waals surface area contributed by atoms with Gasteiger partial charge in [0.25, 0.3) is 5.91 Å². The standard InChI is InChI=1S/C16H24N2O4S/c1-13(2)7-8-17-16(19)14-3-5-15(6-4-14)23(20,21)18-9-11-22-12-10-18/h3-6,13H,7-12H2,1-2H3,(H,17,19). The van der Waals surface area contributed by atoms with Crippen LogP contribution in [0.5, 0.6) is 0 Å². The molecule has 1 amide bonds. The summed E-state index contributed by atoms with van der Waals surface area (Å²) in [5.41, 5.74) is 0.467. The minimum atomic E-state index is -3.51. The zero-order valence-corrected chi connectivity index (χ0v) is 14.4. The van der Waals surface area contributed by atoms with Crippen molar-refractivity contribution in [2.45, 2.75) is 25.2 Å². The lowest BCUT2D eigenvalue weighted by Gasteiger charge is -2.26. The molecular weight excluding hydrogens is 316 g/mol. The fourth-order valence-corrected chi connectivity index (χ4v) is 3.70. The van der Waals surface area contributed by atoms with Crippen molar-refractivity contribution in [2.75, 3.05) is 32.8 Å². The van der Waals surface area contributed by atoms with Crippen LogP contribution in [0.25, 0.3) is 0 Å². The van der Waals surface area contributed by atoms with E-state index in [4.69, 9.17) is 4.74 Å². The molecule has 0 saturated carbocycles. The molecule has 0 aromatic heterocycles. The van der Waals surface area contributed by atoms with Crippen molar-refractivity contribution in [3.05, 3.63) is 29.8 Å². The molecule has 0 aliphatic carbocycles. The lowest BCUT2D eigenvalue weighted by Crippen LogP contribution is -2.40. The van der Waals surface area contributed by atoms with E-state index in [0.29, 0.717) is 44.3 Å². The van der Waals surface area contributed by atoms with Crippen molar-refractivity contribution < 1.29 is 17.9 Å². The Hall–Kier alpha value is -1.44. The lowest BCUT2D eigenvalue weighted by molar-refractivity contribution is 0.0730. The summed E-state index contributed by atoms with van der Waals surface area (Å²) in [7, 11) is -3.51. The number of amides is 1. The Morgan fingerprint density at radius 2 is 1.83 bits per heavy atom. The van der Waals surface area contributed by atoms with Crippen LogP contribution in [0.1, 0.15) is 30.6 Å². The van der Waals surface area contributed by atoms with Gasteiger partial charge < -0.3 is 10.1 Å². The molecule has 2 rings (SSSR count). The van der Waals surface area contributed by atoms with Crippen molar-refractivity contribution in [1.82, 2.24) is 9.62 Å². The Bertz CT molecular complexity index is 620. The number of nitrogens with one attached hydrogen (secondary N) is 1. The highest BCUT2D eigenvalue weighted by Crippen LogP contribution is 2.17. The van der Waals surface area contributed by atoms with Gasteiger partial charge in [-0.2, -0.15) is 4.31 Å². The van der Waals surface area contributed by atoms with Crippen molar-refractivity contribution in [3.63, 3.8) is 0 Å². The van der Waals surface area contributed by atoms with Gasteiger partial charge >= 0.3 is 0 Å². The second-order valence-corrected chi connectivity index (χ2v) is 7.92. The Balaban J connectivity index is 2.02. The molecule has 6 nitrogen and oxygen atoms in total. The minimum absolute atomic E-state index is 0.180. The van der Waals surface area contributed by atoms with E-state index in [1.54, 1.807) is 12.1 Å².